The Morgan fingerprint density at radius 2 is 2.37 bits per heavy atom. The van der Waals surface area contributed by atoms with E-state index in [0.29, 0.717) is 11.6 Å². The number of hydrogen-bond acceptors (Lipinski definition) is 4. The van der Waals surface area contributed by atoms with Crippen LogP contribution in [0.2, 0.25) is 5.02 Å². The van der Waals surface area contributed by atoms with Crippen LogP contribution in [-0.2, 0) is 6.54 Å². The Balaban J connectivity index is 1.73. The fourth-order valence-corrected chi connectivity index (χ4v) is 2.55. The van der Waals surface area contributed by atoms with Gasteiger partial charge in [-0.3, -0.25) is 4.90 Å². The molecule has 0 radical (unpaired) electrons. The minimum absolute atomic E-state index is 0.280. The predicted octanol–water partition coefficient (Wildman–Crippen LogP) is 2.53. The third-order valence-corrected chi connectivity index (χ3v) is 3.57. The highest BCUT2D eigenvalue weighted by atomic mass is 35.5. The van der Waals surface area contributed by atoms with Crippen LogP contribution in [0.5, 0.6) is 0 Å². The fraction of sp³-hybridized carbons (Fsp3) is 0.357. The van der Waals surface area contributed by atoms with Gasteiger partial charge < -0.3 is 10.2 Å². The minimum atomic E-state index is 0.280. The molecule has 1 aliphatic rings. The van der Waals surface area contributed by atoms with E-state index in [4.69, 9.17) is 21.8 Å². The normalized spacial score (nSPS) is 20.0. The zero-order valence-corrected chi connectivity index (χ0v) is 11.3. The summed E-state index contributed by atoms with van der Waals surface area (Å²) in [6.07, 6.45) is 2.79. The number of oxazole rings is 1. The first-order chi connectivity index (χ1) is 9.20. The molecular weight excluding hydrogens is 262 g/mol. The molecule has 0 amide bonds. The van der Waals surface area contributed by atoms with Crippen molar-refractivity contribution in [1.82, 2.24) is 9.88 Å². The molecule has 0 saturated carbocycles. The molecule has 5 heteroatoms. The van der Waals surface area contributed by atoms with Gasteiger partial charge in [0, 0.05) is 29.7 Å². The van der Waals surface area contributed by atoms with Crippen molar-refractivity contribution in [3.05, 3.63) is 41.4 Å². The summed E-state index contributed by atoms with van der Waals surface area (Å²) in [5, 5.41) is 0.695. The van der Waals surface area contributed by atoms with Crippen LogP contribution < -0.4 is 5.73 Å². The molecule has 3 rings (SSSR count). The first-order valence-electron chi connectivity index (χ1n) is 6.39. The summed E-state index contributed by atoms with van der Waals surface area (Å²) in [7, 11) is 0. The maximum absolute atomic E-state index is 5.97. The summed E-state index contributed by atoms with van der Waals surface area (Å²) < 4.78 is 5.77. The maximum atomic E-state index is 5.97. The molecular formula is C14H16ClN3O. The number of aromatic nitrogens is 1. The zero-order chi connectivity index (χ0) is 13.2. The molecule has 100 valence electrons. The third-order valence-electron chi connectivity index (χ3n) is 3.33. The smallest absolute Gasteiger partial charge is 0.209 e. The van der Waals surface area contributed by atoms with E-state index in [1.165, 1.54) is 0 Å². The SMILES string of the molecule is N[C@H]1CCN(Cc2ncc(-c3cccc(Cl)c3)o2)C1. The second kappa shape index (κ2) is 5.33. The molecule has 1 atom stereocenters. The van der Waals surface area contributed by atoms with Crippen LogP contribution in [-0.4, -0.2) is 29.0 Å². The van der Waals surface area contributed by atoms with Crippen LogP contribution in [0.3, 0.4) is 0 Å². The van der Waals surface area contributed by atoms with Crippen molar-refractivity contribution in [1.29, 1.82) is 0 Å². The highest BCUT2D eigenvalue weighted by molar-refractivity contribution is 6.30. The van der Waals surface area contributed by atoms with E-state index in [9.17, 15) is 0 Å². The molecule has 4 nitrogen and oxygen atoms in total. The Bertz CT molecular complexity index is 569. The van der Waals surface area contributed by atoms with Gasteiger partial charge in [-0.25, -0.2) is 4.98 Å². The van der Waals surface area contributed by atoms with Crippen LogP contribution in [0.15, 0.2) is 34.9 Å². The Morgan fingerprint density at radius 3 is 3.11 bits per heavy atom. The van der Waals surface area contributed by atoms with Gasteiger partial charge in [-0.15, -0.1) is 0 Å². The minimum Gasteiger partial charge on any atom is -0.439 e. The van der Waals surface area contributed by atoms with Gasteiger partial charge in [-0.2, -0.15) is 0 Å². The number of nitrogens with zero attached hydrogens (tertiary/aromatic N) is 2. The molecule has 0 aliphatic carbocycles. The fourth-order valence-electron chi connectivity index (χ4n) is 2.36. The molecule has 1 aliphatic heterocycles. The largest absolute Gasteiger partial charge is 0.439 e. The topological polar surface area (TPSA) is 55.3 Å². The monoisotopic (exact) mass is 277 g/mol. The summed E-state index contributed by atoms with van der Waals surface area (Å²) >= 11 is 5.97. The molecule has 2 aromatic rings. The number of hydrogen-bond donors (Lipinski definition) is 1. The van der Waals surface area contributed by atoms with Crippen LogP contribution >= 0.6 is 11.6 Å². The van der Waals surface area contributed by atoms with Crippen molar-refractivity contribution >= 4 is 11.6 Å². The Hall–Kier alpha value is -1.36. The van der Waals surface area contributed by atoms with Gasteiger partial charge in [0.2, 0.25) is 5.89 Å². The van der Waals surface area contributed by atoms with E-state index in [0.717, 1.165) is 36.7 Å². The summed E-state index contributed by atoms with van der Waals surface area (Å²) in [5.74, 6) is 1.48. The summed E-state index contributed by atoms with van der Waals surface area (Å²) in [4.78, 5) is 6.58. The summed E-state index contributed by atoms with van der Waals surface area (Å²) in [6, 6.07) is 7.86. The predicted molar refractivity (Wildman–Crippen MR) is 74.8 cm³/mol. The van der Waals surface area contributed by atoms with Gasteiger partial charge in [0.1, 0.15) is 0 Å². The van der Waals surface area contributed by atoms with Crippen LogP contribution in [0.25, 0.3) is 11.3 Å². The molecule has 2 N–H and O–H groups in total. The first kappa shape index (κ1) is 12.7. The van der Waals surface area contributed by atoms with Gasteiger partial charge >= 0.3 is 0 Å². The second-order valence-electron chi connectivity index (χ2n) is 4.91. The maximum Gasteiger partial charge on any atom is 0.209 e. The average molecular weight is 278 g/mol. The second-order valence-corrected chi connectivity index (χ2v) is 5.35. The van der Waals surface area contributed by atoms with Gasteiger partial charge in [0.15, 0.2) is 5.76 Å². The highest BCUT2D eigenvalue weighted by Crippen LogP contribution is 2.24. The Morgan fingerprint density at radius 1 is 1.47 bits per heavy atom. The third kappa shape index (κ3) is 2.97. The van der Waals surface area contributed by atoms with Crippen molar-refractivity contribution < 1.29 is 4.42 Å². The van der Waals surface area contributed by atoms with Crippen molar-refractivity contribution in [3.63, 3.8) is 0 Å². The van der Waals surface area contributed by atoms with Crippen molar-refractivity contribution in [3.8, 4) is 11.3 Å². The van der Waals surface area contributed by atoms with Crippen LogP contribution in [0, 0.1) is 0 Å². The molecule has 19 heavy (non-hydrogen) atoms. The zero-order valence-electron chi connectivity index (χ0n) is 10.6. The quantitative estimate of drug-likeness (QED) is 0.937. The van der Waals surface area contributed by atoms with E-state index in [1.54, 1.807) is 6.20 Å². The van der Waals surface area contributed by atoms with E-state index in [1.807, 2.05) is 24.3 Å². The van der Waals surface area contributed by atoms with Gasteiger partial charge in [-0.1, -0.05) is 23.7 Å². The standard InChI is InChI=1S/C14H16ClN3O/c15-11-3-1-2-10(6-11)13-7-17-14(19-13)9-18-5-4-12(16)8-18/h1-3,6-7,12H,4-5,8-9,16H2/t12-/m0/s1. The Labute approximate surface area is 117 Å². The highest BCUT2D eigenvalue weighted by Gasteiger charge is 2.20. The van der Waals surface area contributed by atoms with Crippen molar-refractivity contribution in [2.75, 3.05) is 13.1 Å². The van der Waals surface area contributed by atoms with Gasteiger partial charge in [0.25, 0.3) is 0 Å². The number of benzene rings is 1. The molecule has 0 bridgehead atoms. The Kier molecular flexibility index (Phi) is 3.55. The van der Waals surface area contributed by atoms with Crippen LogP contribution in [0.1, 0.15) is 12.3 Å². The van der Waals surface area contributed by atoms with E-state index in [-0.39, 0.29) is 6.04 Å². The van der Waals surface area contributed by atoms with Crippen molar-refractivity contribution in [2.24, 2.45) is 5.73 Å². The van der Waals surface area contributed by atoms with Gasteiger partial charge in [0.05, 0.1) is 12.7 Å². The lowest BCUT2D eigenvalue weighted by Crippen LogP contribution is -2.26. The lowest BCUT2D eigenvalue weighted by Gasteiger charge is -2.11. The molecule has 1 saturated heterocycles. The van der Waals surface area contributed by atoms with Gasteiger partial charge in [-0.05, 0) is 18.6 Å². The first-order valence-corrected chi connectivity index (χ1v) is 6.77. The average Bonchev–Trinajstić information content (AvgIpc) is 2.99. The number of halogens is 1. The van der Waals surface area contributed by atoms with E-state index in [2.05, 4.69) is 9.88 Å². The number of likely N-dealkylation sites (tertiary alicyclic amines) is 1. The molecule has 1 aromatic heterocycles. The number of nitrogens with two attached hydrogens (primary N) is 1. The molecule has 0 spiro atoms. The molecule has 1 fully saturated rings. The lowest BCUT2D eigenvalue weighted by molar-refractivity contribution is 0.289. The molecule has 1 aromatic carbocycles. The van der Waals surface area contributed by atoms with Crippen molar-refractivity contribution in [2.45, 2.75) is 19.0 Å². The molecule has 0 unspecified atom stereocenters. The van der Waals surface area contributed by atoms with E-state index < -0.39 is 0 Å². The van der Waals surface area contributed by atoms with Crippen LogP contribution in [0.4, 0.5) is 0 Å². The summed E-state index contributed by atoms with van der Waals surface area (Å²) in [5.41, 5.74) is 6.83. The summed E-state index contributed by atoms with van der Waals surface area (Å²) in [6.45, 7) is 2.64. The number of rotatable bonds is 3. The van der Waals surface area contributed by atoms with E-state index >= 15 is 0 Å². The molecule has 2 heterocycles. The lowest BCUT2D eigenvalue weighted by atomic mass is 10.2.